The molecule has 0 saturated carbocycles. The van der Waals surface area contributed by atoms with Gasteiger partial charge in [-0.1, -0.05) is 90.4 Å². The van der Waals surface area contributed by atoms with E-state index in [-0.39, 0.29) is 12.4 Å². The van der Waals surface area contributed by atoms with Crippen LogP contribution in [0.5, 0.6) is 0 Å². The maximum Gasteiger partial charge on any atom is 0.0594 e. The van der Waals surface area contributed by atoms with Crippen molar-refractivity contribution in [1.82, 2.24) is 4.90 Å². The van der Waals surface area contributed by atoms with Crippen LogP contribution < -0.4 is 0 Å². The lowest BCUT2D eigenvalue weighted by Crippen LogP contribution is -2.36. The Morgan fingerprint density at radius 2 is 1.00 bits per heavy atom. The van der Waals surface area contributed by atoms with Crippen LogP contribution in [0.4, 0.5) is 0 Å². The molecule has 0 amide bonds. The van der Waals surface area contributed by atoms with Crippen molar-refractivity contribution in [3.8, 4) is 0 Å². The minimum absolute atomic E-state index is 0. The summed E-state index contributed by atoms with van der Waals surface area (Å²) < 4.78 is 5.38. The highest BCUT2D eigenvalue weighted by Crippen LogP contribution is 2.13. The summed E-state index contributed by atoms with van der Waals surface area (Å²) in [4.78, 5) is 2.56. The number of nitrogens with zero attached hydrogens (tertiary/aromatic N) is 1. The first-order chi connectivity index (χ1) is 10.9. The average Bonchev–Trinajstić information content (AvgIpc) is 2.56. The molecule has 140 valence electrons. The third-order valence-electron chi connectivity index (χ3n) is 4.93. The molecule has 0 bridgehead atoms. The normalized spacial score (nSPS) is 15.5. The van der Waals surface area contributed by atoms with Crippen molar-refractivity contribution in [3.05, 3.63) is 0 Å². The second-order valence-electron chi connectivity index (χ2n) is 7.05. The molecule has 0 aromatic rings. The van der Waals surface area contributed by atoms with E-state index in [1.807, 2.05) is 0 Å². The summed E-state index contributed by atoms with van der Waals surface area (Å²) in [5.41, 5.74) is 0. The van der Waals surface area contributed by atoms with Crippen LogP contribution in [0.3, 0.4) is 0 Å². The van der Waals surface area contributed by atoms with Crippen molar-refractivity contribution in [2.45, 2.75) is 96.8 Å². The summed E-state index contributed by atoms with van der Waals surface area (Å²) in [6, 6.07) is 0. The predicted octanol–water partition coefficient (Wildman–Crippen LogP) is 6.22. The first-order valence-electron chi connectivity index (χ1n) is 10.2. The Balaban J connectivity index is 0.00000484. The topological polar surface area (TPSA) is 12.5 Å². The zero-order valence-corrected chi connectivity index (χ0v) is 16.5. The van der Waals surface area contributed by atoms with Crippen LogP contribution in [0.2, 0.25) is 0 Å². The second-order valence-corrected chi connectivity index (χ2v) is 7.05. The monoisotopic (exact) mass is 347 g/mol. The molecule has 1 aliphatic rings. The molecule has 1 rings (SSSR count). The summed E-state index contributed by atoms with van der Waals surface area (Å²) in [5.74, 6) is 0. The fourth-order valence-electron chi connectivity index (χ4n) is 3.35. The van der Waals surface area contributed by atoms with E-state index in [1.54, 1.807) is 0 Å². The van der Waals surface area contributed by atoms with Gasteiger partial charge in [0, 0.05) is 13.1 Å². The minimum atomic E-state index is 0. The Kier molecular flexibility index (Phi) is 18.7. The average molecular weight is 348 g/mol. The van der Waals surface area contributed by atoms with E-state index in [2.05, 4.69) is 11.8 Å². The van der Waals surface area contributed by atoms with Crippen molar-refractivity contribution in [3.63, 3.8) is 0 Å². The lowest BCUT2D eigenvalue weighted by Gasteiger charge is -2.26. The van der Waals surface area contributed by atoms with Crippen LogP contribution in [0.15, 0.2) is 0 Å². The highest BCUT2D eigenvalue weighted by molar-refractivity contribution is 5.85. The Morgan fingerprint density at radius 1 is 0.609 bits per heavy atom. The number of halogens is 1. The molecule has 0 unspecified atom stereocenters. The van der Waals surface area contributed by atoms with Gasteiger partial charge in [0.25, 0.3) is 0 Å². The molecule has 1 fully saturated rings. The Bertz CT molecular complexity index is 220. The van der Waals surface area contributed by atoms with E-state index in [9.17, 15) is 0 Å². The smallest absolute Gasteiger partial charge is 0.0594 e. The molecule has 23 heavy (non-hydrogen) atoms. The van der Waals surface area contributed by atoms with E-state index in [0.717, 1.165) is 26.3 Å². The van der Waals surface area contributed by atoms with E-state index in [4.69, 9.17) is 4.74 Å². The number of ether oxygens (including phenoxy) is 1. The third kappa shape index (κ3) is 15.5. The van der Waals surface area contributed by atoms with Gasteiger partial charge in [0.1, 0.15) is 0 Å². The Labute approximate surface area is 152 Å². The van der Waals surface area contributed by atoms with Crippen LogP contribution in [0.25, 0.3) is 0 Å². The highest BCUT2D eigenvalue weighted by atomic mass is 35.5. The molecule has 0 spiro atoms. The molecule has 0 N–H and O–H groups in total. The summed E-state index contributed by atoms with van der Waals surface area (Å²) in [7, 11) is 0. The molecule has 1 aliphatic heterocycles. The van der Waals surface area contributed by atoms with Gasteiger partial charge in [-0.3, -0.25) is 4.90 Å². The molecule has 1 saturated heterocycles. The standard InChI is InChI=1S/C20H41NO.ClH/c1-2-3-4-5-6-7-8-9-10-11-12-13-14-15-16-21-17-19-22-20-18-21;/h2-20H2,1H3;1H. The van der Waals surface area contributed by atoms with E-state index >= 15 is 0 Å². The number of hydrogen-bond donors (Lipinski definition) is 0. The van der Waals surface area contributed by atoms with Crippen molar-refractivity contribution in [2.24, 2.45) is 0 Å². The van der Waals surface area contributed by atoms with Gasteiger partial charge in [-0.15, -0.1) is 12.4 Å². The first-order valence-corrected chi connectivity index (χ1v) is 10.2. The van der Waals surface area contributed by atoms with Gasteiger partial charge >= 0.3 is 0 Å². The van der Waals surface area contributed by atoms with E-state index in [1.165, 1.54) is 96.4 Å². The maximum atomic E-state index is 5.38. The van der Waals surface area contributed by atoms with Crippen LogP contribution >= 0.6 is 12.4 Å². The number of unbranched alkanes of at least 4 members (excludes halogenated alkanes) is 13. The lowest BCUT2D eigenvalue weighted by atomic mass is 10.0. The Hall–Kier alpha value is 0.210. The minimum Gasteiger partial charge on any atom is -0.379 e. The SMILES string of the molecule is CCCCCCCCCCCCCCCCN1CCOCC1.Cl. The van der Waals surface area contributed by atoms with Crippen molar-refractivity contribution in [1.29, 1.82) is 0 Å². The number of rotatable bonds is 15. The van der Waals surface area contributed by atoms with E-state index in [0.29, 0.717) is 0 Å². The summed E-state index contributed by atoms with van der Waals surface area (Å²) in [5, 5.41) is 0. The fourth-order valence-corrected chi connectivity index (χ4v) is 3.35. The lowest BCUT2D eigenvalue weighted by molar-refractivity contribution is 0.0371. The van der Waals surface area contributed by atoms with Crippen LogP contribution in [-0.4, -0.2) is 37.7 Å². The number of morpholine rings is 1. The Morgan fingerprint density at radius 3 is 1.43 bits per heavy atom. The van der Waals surface area contributed by atoms with Gasteiger partial charge in [0.15, 0.2) is 0 Å². The van der Waals surface area contributed by atoms with Crippen molar-refractivity contribution < 1.29 is 4.74 Å². The molecule has 3 heteroatoms. The van der Waals surface area contributed by atoms with Gasteiger partial charge in [-0.2, -0.15) is 0 Å². The van der Waals surface area contributed by atoms with Gasteiger partial charge in [0.05, 0.1) is 13.2 Å². The second kappa shape index (κ2) is 18.5. The third-order valence-corrected chi connectivity index (χ3v) is 4.93. The molecular formula is C20H42ClNO. The molecule has 0 atom stereocenters. The number of hydrogen-bond acceptors (Lipinski definition) is 2. The molecule has 0 aromatic carbocycles. The zero-order chi connectivity index (χ0) is 15.7. The van der Waals surface area contributed by atoms with Crippen molar-refractivity contribution in [2.75, 3.05) is 32.8 Å². The van der Waals surface area contributed by atoms with Gasteiger partial charge < -0.3 is 4.74 Å². The summed E-state index contributed by atoms with van der Waals surface area (Å²) >= 11 is 0. The molecular weight excluding hydrogens is 306 g/mol. The van der Waals surface area contributed by atoms with Crippen LogP contribution in [-0.2, 0) is 4.74 Å². The maximum absolute atomic E-state index is 5.38. The molecule has 2 nitrogen and oxygen atoms in total. The fraction of sp³-hybridized carbons (Fsp3) is 1.00. The summed E-state index contributed by atoms with van der Waals surface area (Å²) in [6.45, 7) is 7.78. The van der Waals surface area contributed by atoms with Crippen molar-refractivity contribution >= 4 is 12.4 Å². The molecule has 0 aliphatic carbocycles. The quantitative estimate of drug-likeness (QED) is 0.326. The van der Waals surface area contributed by atoms with Gasteiger partial charge in [-0.05, 0) is 13.0 Å². The molecule has 0 aromatic heterocycles. The largest absolute Gasteiger partial charge is 0.379 e. The first kappa shape index (κ1) is 23.2. The molecule has 0 radical (unpaired) electrons. The van der Waals surface area contributed by atoms with E-state index < -0.39 is 0 Å². The zero-order valence-electron chi connectivity index (χ0n) is 15.7. The summed E-state index contributed by atoms with van der Waals surface area (Å²) in [6.07, 6.45) is 20.3. The predicted molar refractivity (Wildman–Crippen MR) is 105 cm³/mol. The molecule has 1 heterocycles. The van der Waals surface area contributed by atoms with Crippen LogP contribution in [0, 0.1) is 0 Å². The van der Waals surface area contributed by atoms with Crippen LogP contribution in [0.1, 0.15) is 96.8 Å². The highest BCUT2D eigenvalue weighted by Gasteiger charge is 2.08. The van der Waals surface area contributed by atoms with Gasteiger partial charge in [-0.25, -0.2) is 0 Å². The van der Waals surface area contributed by atoms with Gasteiger partial charge in [0.2, 0.25) is 0 Å².